The van der Waals surface area contributed by atoms with E-state index in [1.54, 1.807) is 7.11 Å². The van der Waals surface area contributed by atoms with E-state index in [-0.39, 0.29) is 4.83 Å². The Morgan fingerprint density at radius 1 is 0.950 bits per heavy atom. The Hall–Kier alpha value is -0.800. The number of ether oxygens (including phenoxy) is 1. The SMILES string of the molecule is COc1cc(C)c(Br)cc1C(Br)c1ccc(C)cc1C. The van der Waals surface area contributed by atoms with Crippen LogP contribution in [-0.2, 0) is 0 Å². The average Bonchev–Trinajstić information content (AvgIpc) is 2.40. The number of hydrogen-bond donors (Lipinski definition) is 0. The van der Waals surface area contributed by atoms with E-state index in [0.717, 1.165) is 15.8 Å². The fourth-order valence-corrected chi connectivity index (χ4v) is 3.56. The van der Waals surface area contributed by atoms with Crippen molar-refractivity contribution < 1.29 is 4.74 Å². The molecular formula is C17H18Br2O. The quantitative estimate of drug-likeness (QED) is 0.588. The molecule has 0 amide bonds. The summed E-state index contributed by atoms with van der Waals surface area (Å²) in [5.74, 6) is 0.910. The molecule has 0 aromatic heterocycles. The Balaban J connectivity index is 2.52. The van der Waals surface area contributed by atoms with Gasteiger partial charge in [-0.15, -0.1) is 0 Å². The molecule has 0 N–H and O–H groups in total. The molecule has 2 aromatic carbocycles. The number of alkyl halides is 1. The normalized spacial score (nSPS) is 12.3. The van der Waals surface area contributed by atoms with Gasteiger partial charge in [0.25, 0.3) is 0 Å². The zero-order valence-corrected chi connectivity index (χ0v) is 15.3. The minimum atomic E-state index is 0.120. The molecule has 20 heavy (non-hydrogen) atoms. The first kappa shape index (κ1) is 15.6. The second-order valence-corrected chi connectivity index (χ2v) is 6.84. The van der Waals surface area contributed by atoms with Gasteiger partial charge in [0.15, 0.2) is 0 Å². The molecule has 0 aliphatic heterocycles. The number of benzene rings is 2. The van der Waals surface area contributed by atoms with Gasteiger partial charge in [0, 0.05) is 10.0 Å². The molecule has 0 bridgehead atoms. The fourth-order valence-electron chi connectivity index (χ4n) is 2.32. The number of rotatable bonds is 3. The van der Waals surface area contributed by atoms with Gasteiger partial charge in [0.2, 0.25) is 0 Å². The molecule has 0 fully saturated rings. The molecule has 1 atom stereocenters. The van der Waals surface area contributed by atoms with E-state index in [0.29, 0.717) is 0 Å². The largest absolute Gasteiger partial charge is 0.496 e. The van der Waals surface area contributed by atoms with Gasteiger partial charge in [-0.3, -0.25) is 0 Å². The van der Waals surface area contributed by atoms with Crippen LogP contribution in [0.4, 0.5) is 0 Å². The molecule has 0 aliphatic rings. The molecule has 0 saturated heterocycles. The van der Waals surface area contributed by atoms with Crippen LogP contribution in [0.5, 0.6) is 5.75 Å². The van der Waals surface area contributed by atoms with Crippen molar-refractivity contribution in [1.29, 1.82) is 0 Å². The lowest BCUT2D eigenvalue weighted by molar-refractivity contribution is 0.410. The third-order valence-electron chi connectivity index (χ3n) is 3.48. The molecule has 1 unspecified atom stereocenters. The van der Waals surface area contributed by atoms with Crippen molar-refractivity contribution in [3.05, 3.63) is 62.6 Å². The standard InChI is InChI=1S/C17H18Br2O/c1-10-5-6-13(11(2)7-10)17(19)14-9-15(18)12(3)8-16(14)20-4/h5-9,17H,1-4H3. The lowest BCUT2D eigenvalue weighted by Gasteiger charge is -2.18. The molecule has 0 aliphatic carbocycles. The van der Waals surface area contributed by atoms with E-state index in [2.05, 4.69) is 83.0 Å². The Kier molecular flexibility index (Phi) is 4.92. The first-order chi connectivity index (χ1) is 9.43. The van der Waals surface area contributed by atoms with Crippen LogP contribution in [-0.4, -0.2) is 7.11 Å². The smallest absolute Gasteiger partial charge is 0.123 e. The van der Waals surface area contributed by atoms with E-state index in [4.69, 9.17) is 4.74 Å². The molecule has 2 aromatic rings. The maximum Gasteiger partial charge on any atom is 0.123 e. The van der Waals surface area contributed by atoms with Crippen molar-refractivity contribution in [1.82, 2.24) is 0 Å². The summed E-state index contributed by atoms with van der Waals surface area (Å²) >= 11 is 7.42. The van der Waals surface area contributed by atoms with E-state index < -0.39 is 0 Å². The predicted octanol–water partition coefficient (Wildman–Crippen LogP) is 5.87. The van der Waals surface area contributed by atoms with Gasteiger partial charge in [-0.25, -0.2) is 0 Å². The molecule has 3 heteroatoms. The van der Waals surface area contributed by atoms with Gasteiger partial charge in [0.1, 0.15) is 5.75 Å². The summed E-state index contributed by atoms with van der Waals surface area (Å²) in [5.41, 5.74) is 6.14. The number of methoxy groups -OCH3 is 1. The summed E-state index contributed by atoms with van der Waals surface area (Å²) in [6, 6.07) is 10.7. The lowest BCUT2D eigenvalue weighted by atomic mass is 9.97. The number of halogens is 2. The van der Waals surface area contributed by atoms with Crippen LogP contribution in [0.25, 0.3) is 0 Å². The van der Waals surface area contributed by atoms with Crippen LogP contribution in [0, 0.1) is 20.8 Å². The lowest BCUT2D eigenvalue weighted by Crippen LogP contribution is -2.00. The van der Waals surface area contributed by atoms with Crippen LogP contribution in [0.2, 0.25) is 0 Å². The highest BCUT2D eigenvalue weighted by Gasteiger charge is 2.18. The zero-order valence-electron chi connectivity index (χ0n) is 12.1. The van der Waals surface area contributed by atoms with E-state index >= 15 is 0 Å². The fraction of sp³-hybridized carbons (Fsp3) is 0.294. The average molecular weight is 398 g/mol. The van der Waals surface area contributed by atoms with Crippen LogP contribution in [0.1, 0.15) is 32.6 Å². The Labute approximate surface area is 137 Å². The number of aryl methyl sites for hydroxylation is 3. The summed E-state index contributed by atoms with van der Waals surface area (Å²) < 4.78 is 6.64. The van der Waals surface area contributed by atoms with Crippen LogP contribution in [0.15, 0.2) is 34.8 Å². The van der Waals surface area contributed by atoms with Gasteiger partial charge in [0.05, 0.1) is 11.9 Å². The summed E-state index contributed by atoms with van der Waals surface area (Å²) in [5, 5.41) is 0. The Morgan fingerprint density at radius 2 is 1.65 bits per heavy atom. The molecule has 2 rings (SSSR count). The highest BCUT2D eigenvalue weighted by Crippen LogP contribution is 2.40. The van der Waals surface area contributed by atoms with Crippen molar-refractivity contribution in [3.63, 3.8) is 0 Å². The topological polar surface area (TPSA) is 9.23 Å². The summed E-state index contributed by atoms with van der Waals surface area (Å²) in [4.78, 5) is 0.120. The van der Waals surface area contributed by atoms with Crippen LogP contribution < -0.4 is 4.74 Å². The minimum Gasteiger partial charge on any atom is -0.496 e. The third kappa shape index (κ3) is 3.09. The minimum absolute atomic E-state index is 0.120. The predicted molar refractivity (Wildman–Crippen MR) is 92.1 cm³/mol. The maximum atomic E-state index is 5.54. The number of hydrogen-bond acceptors (Lipinski definition) is 1. The zero-order chi connectivity index (χ0) is 14.9. The maximum absolute atomic E-state index is 5.54. The van der Waals surface area contributed by atoms with Crippen molar-refractivity contribution >= 4 is 31.9 Å². The van der Waals surface area contributed by atoms with Gasteiger partial charge in [-0.2, -0.15) is 0 Å². The first-order valence-corrected chi connectivity index (χ1v) is 8.20. The van der Waals surface area contributed by atoms with Crippen molar-refractivity contribution in [3.8, 4) is 5.75 Å². The van der Waals surface area contributed by atoms with Crippen LogP contribution >= 0.6 is 31.9 Å². The van der Waals surface area contributed by atoms with Crippen molar-refractivity contribution in [2.75, 3.05) is 7.11 Å². The van der Waals surface area contributed by atoms with E-state index in [9.17, 15) is 0 Å². The molecule has 0 saturated carbocycles. The van der Waals surface area contributed by atoms with Crippen molar-refractivity contribution in [2.24, 2.45) is 0 Å². The Morgan fingerprint density at radius 3 is 2.25 bits per heavy atom. The van der Waals surface area contributed by atoms with Crippen molar-refractivity contribution in [2.45, 2.75) is 25.6 Å². The van der Waals surface area contributed by atoms with E-state index in [1.807, 2.05) is 0 Å². The van der Waals surface area contributed by atoms with Gasteiger partial charge in [-0.1, -0.05) is 55.6 Å². The summed E-state index contributed by atoms with van der Waals surface area (Å²) in [6.45, 7) is 6.33. The molecule has 106 valence electrons. The highest BCUT2D eigenvalue weighted by atomic mass is 79.9. The van der Waals surface area contributed by atoms with Gasteiger partial charge < -0.3 is 4.74 Å². The van der Waals surface area contributed by atoms with Gasteiger partial charge in [-0.05, 0) is 49.6 Å². The van der Waals surface area contributed by atoms with Gasteiger partial charge >= 0.3 is 0 Å². The van der Waals surface area contributed by atoms with E-state index in [1.165, 1.54) is 22.3 Å². The molecule has 1 nitrogen and oxygen atoms in total. The summed E-state index contributed by atoms with van der Waals surface area (Å²) in [6.07, 6.45) is 0. The molecular weight excluding hydrogens is 380 g/mol. The molecule has 0 heterocycles. The molecule has 0 radical (unpaired) electrons. The first-order valence-electron chi connectivity index (χ1n) is 6.49. The second kappa shape index (κ2) is 6.31. The summed E-state index contributed by atoms with van der Waals surface area (Å²) in [7, 11) is 1.72. The Bertz CT molecular complexity index is 635. The monoisotopic (exact) mass is 396 g/mol. The van der Waals surface area contributed by atoms with Crippen LogP contribution in [0.3, 0.4) is 0 Å². The third-order valence-corrected chi connectivity index (χ3v) is 5.32. The highest BCUT2D eigenvalue weighted by molar-refractivity contribution is 9.10. The second-order valence-electron chi connectivity index (χ2n) is 5.07. The molecule has 0 spiro atoms.